The lowest BCUT2D eigenvalue weighted by Gasteiger charge is -2.33. The second-order valence-corrected chi connectivity index (χ2v) is 15.8. The number of fused-ring (bicyclic) bond motifs is 1. The molecule has 0 saturated carbocycles. The first-order valence-corrected chi connectivity index (χ1v) is 19.3. The molecular weight excluding hydrogens is 709 g/mol. The summed E-state index contributed by atoms with van der Waals surface area (Å²) in [5, 5.41) is 2.80. The molecule has 274 valence electrons. The highest BCUT2D eigenvalue weighted by Gasteiger charge is 2.41. The Morgan fingerprint density at radius 2 is 1.58 bits per heavy atom. The standard InChI is InChI=1S/C37H40N4O9S2/c1-24(2)49-33-13-8-6-11-30(33)39-37(43)35(50-28-16-18-29(19-17-28)51(44,45)40-27(5)42)36-38-31-12-7-9-14-34(31)52(46,47)41(36)21-10-22-48-32-20-15-25(3)23-26(32)4/h6-9,11-20,23-24,35H,10,21-22H2,1-5H3,(H,39,43)(H,40,42). The van der Waals surface area contributed by atoms with Gasteiger partial charge >= 0.3 is 0 Å². The number of nitrogens with zero attached hydrogens (tertiary/aromatic N) is 2. The van der Waals surface area contributed by atoms with Crippen LogP contribution in [0.3, 0.4) is 0 Å². The van der Waals surface area contributed by atoms with E-state index in [1.165, 1.54) is 36.4 Å². The molecule has 52 heavy (non-hydrogen) atoms. The van der Waals surface area contributed by atoms with Crippen molar-refractivity contribution < 1.29 is 40.6 Å². The molecule has 4 aromatic rings. The number of ether oxygens (including phenoxy) is 3. The van der Waals surface area contributed by atoms with Crippen LogP contribution in [0.15, 0.2) is 106 Å². The third-order valence-electron chi connectivity index (χ3n) is 7.66. The molecule has 2 amide bonds. The number of hydrogen-bond acceptors (Lipinski definition) is 10. The number of carbonyl (C=O) groups excluding carboxylic acids is 2. The number of sulfonamides is 2. The van der Waals surface area contributed by atoms with E-state index in [0.29, 0.717) is 17.2 Å². The van der Waals surface area contributed by atoms with E-state index in [-0.39, 0.29) is 52.7 Å². The van der Waals surface area contributed by atoms with E-state index in [1.54, 1.807) is 36.4 Å². The first-order valence-electron chi connectivity index (χ1n) is 16.4. The maximum Gasteiger partial charge on any atom is 0.273 e. The zero-order chi connectivity index (χ0) is 37.6. The van der Waals surface area contributed by atoms with Crippen LogP contribution in [-0.2, 0) is 29.6 Å². The molecule has 15 heteroatoms. The molecular formula is C37H40N4O9S2. The molecule has 0 fully saturated rings. The van der Waals surface area contributed by atoms with Crippen molar-refractivity contribution in [1.29, 1.82) is 0 Å². The van der Waals surface area contributed by atoms with E-state index in [4.69, 9.17) is 14.2 Å². The van der Waals surface area contributed by atoms with Crippen LogP contribution in [0.2, 0.25) is 0 Å². The fourth-order valence-corrected chi connectivity index (χ4v) is 8.00. The molecule has 2 N–H and O–H groups in total. The summed E-state index contributed by atoms with van der Waals surface area (Å²) < 4.78 is 74.6. The van der Waals surface area contributed by atoms with Gasteiger partial charge in [0.25, 0.3) is 26.0 Å². The first kappa shape index (κ1) is 37.8. The topological polar surface area (TPSA) is 170 Å². The molecule has 0 spiro atoms. The van der Waals surface area contributed by atoms with Crippen molar-refractivity contribution in [3.63, 3.8) is 0 Å². The van der Waals surface area contributed by atoms with Gasteiger partial charge < -0.3 is 19.5 Å². The minimum absolute atomic E-state index is 0.0192. The van der Waals surface area contributed by atoms with E-state index in [9.17, 15) is 26.4 Å². The highest BCUT2D eigenvalue weighted by Crippen LogP contribution is 2.34. The SMILES string of the molecule is CC(=O)NS(=O)(=O)c1ccc(OC(C(=O)Nc2ccccc2OC(C)C)C2=Nc3ccccc3S(=O)(=O)N2CCCOc2ccc(C)cc2C)cc1. The van der Waals surface area contributed by atoms with Crippen LogP contribution in [-0.4, -0.2) is 64.2 Å². The number of anilines is 1. The molecule has 0 aromatic heterocycles. The fourth-order valence-electron chi connectivity index (χ4n) is 5.39. The lowest BCUT2D eigenvalue weighted by Crippen LogP contribution is -2.52. The minimum atomic E-state index is -4.25. The maximum atomic E-state index is 14.3. The number of benzene rings is 4. The third-order valence-corrected chi connectivity index (χ3v) is 11.0. The lowest BCUT2D eigenvalue weighted by atomic mass is 10.1. The van der Waals surface area contributed by atoms with Crippen molar-refractivity contribution in [2.24, 2.45) is 4.99 Å². The van der Waals surface area contributed by atoms with Gasteiger partial charge in [-0.1, -0.05) is 42.0 Å². The summed E-state index contributed by atoms with van der Waals surface area (Å²) >= 11 is 0. The zero-order valence-corrected chi connectivity index (χ0v) is 31.0. The third kappa shape index (κ3) is 8.90. The van der Waals surface area contributed by atoms with Crippen LogP contribution in [0.4, 0.5) is 11.4 Å². The number of aliphatic imine (C=N–C) groups is 1. The Balaban J connectivity index is 1.53. The molecule has 0 radical (unpaired) electrons. The maximum absolute atomic E-state index is 14.3. The van der Waals surface area contributed by atoms with Crippen LogP contribution in [0.25, 0.3) is 0 Å². The monoisotopic (exact) mass is 748 g/mol. The molecule has 0 saturated heterocycles. The average Bonchev–Trinajstić information content (AvgIpc) is 3.07. The van der Waals surface area contributed by atoms with Crippen molar-refractivity contribution >= 4 is 49.1 Å². The number of aryl methyl sites for hydroxylation is 2. The Morgan fingerprint density at radius 3 is 2.27 bits per heavy atom. The Morgan fingerprint density at radius 1 is 0.885 bits per heavy atom. The van der Waals surface area contributed by atoms with Crippen molar-refractivity contribution in [1.82, 2.24) is 9.03 Å². The van der Waals surface area contributed by atoms with Gasteiger partial charge in [-0.2, -0.15) is 0 Å². The molecule has 1 aliphatic heterocycles. The van der Waals surface area contributed by atoms with Gasteiger partial charge in [-0.15, -0.1) is 0 Å². The zero-order valence-electron chi connectivity index (χ0n) is 29.3. The van der Waals surface area contributed by atoms with Crippen LogP contribution in [0, 0.1) is 13.8 Å². The van der Waals surface area contributed by atoms with Crippen molar-refractivity contribution in [2.45, 2.75) is 63.0 Å². The number of amidine groups is 1. The number of hydrogen-bond donors (Lipinski definition) is 2. The smallest absolute Gasteiger partial charge is 0.273 e. The van der Waals surface area contributed by atoms with E-state index >= 15 is 0 Å². The molecule has 13 nitrogen and oxygen atoms in total. The largest absolute Gasteiger partial charge is 0.493 e. The highest BCUT2D eigenvalue weighted by molar-refractivity contribution is 7.90. The number of nitrogens with one attached hydrogen (secondary N) is 2. The van der Waals surface area contributed by atoms with Crippen LogP contribution in [0.5, 0.6) is 17.2 Å². The molecule has 5 rings (SSSR count). The second-order valence-electron chi connectivity index (χ2n) is 12.3. The molecule has 1 unspecified atom stereocenters. The van der Waals surface area contributed by atoms with Gasteiger partial charge in [0.05, 0.1) is 29.0 Å². The highest BCUT2D eigenvalue weighted by atomic mass is 32.2. The van der Waals surface area contributed by atoms with Crippen LogP contribution >= 0.6 is 0 Å². The van der Waals surface area contributed by atoms with Crippen LogP contribution in [0.1, 0.15) is 38.3 Å². The van der Waals surface area contributed by atoms with E-state index in [1.807, 2.05) is 50.6 Å². The second kappa shape index (κ2) is 15.9. The van der Waals surface area contributed by atoms with Gasteiger partial charge in [0.15, 0.2) is 5.84 Å². The minimum Gasteiger partial charge on any atom is -0.493 e. The van der Waals surface area contributed by atoms with Gasteiger partial charge in [-0.05, 0) is 87.9 Å². The van der Waals surface area contributed by atoms with Crippen molar-refractivity contribution in [2.75, 3.05) is 18.5 Å². The van der Waals surface area contributed by atoms with Gasteiger partial charge in [0.1, 0.15) is 22.1 Å². The summed E-state index contributed by atoms with van der Waals surface area (Å²) in [6.07, 6.45) is -1.67. The number of rotatable bonds is 14. The van der Waals surface area contributed by atoms with Crippen molar-refractivity contribution in [3.05, 3.63) is 102 Å². The summed E-state index contributed by atoms with van der Waals surface area (Å²) in [7, 11) is -8.42. The summed E-state index contributed by atoms with van der Waals surface area (Å²) in [4.78, 5) is 30.1. The van der Waals surface area contributed by atoms with E-state index < -0.39 is 38.0 Å². The summed E-state index contributed by atoms with van der Waals surface area (Å²) in [5.41, 5.74) is 2.43. The summed E-state index contributed by atoms with van der Waals surface area (Å²) in [5.74, 6) is -0.709. The van der Waals surface area contributed by atoms with Gasteiger partial charge in [-0.25, -0.2) is 30.9 Å². The molecule has 0 bridgehead atoms. The predicted octanol–water partition coefficient (Wildman–Crippen LogP) is 5.51. The van der Waals surface area contributed by atoms with Crippen LogP contribution < -0.4 is 24.2 Å². The molecule has 1 atom stereocenters. The molecule has 1 aliphatic rings. The Kier molecular flexibility index (Phi) is 11.5. The fraction of sp³-hybridized carbons (Fsp3) is 0.270. The molecule has 4 aromatic carbocycles. The molecule has 1 heterocycles. The molecule has 0 aliphatic carbocycles. The Hall–Kier alpha value is -5.41. The first-order chi connectivity index (χ1) is 24.7. The Labute approximate surface area is 303 Å². The number of para-hydroxylation sites is 3. The van der Waals surface area contributed by atoms with Gasteiger partial charge in [0.2, 0.25) is 12.0 Å². The number of carbonyl (C=O) groups is 2. The quantitative estimate of drug-likeness (QED) is 0.158. The average molecular weight is 749 g/mol. The van der Waals surface area contributed by atoms with Gasteiger partial charge in [-0.3, -0.25) is 9.59 Å². The summed E-state index contributed by atoms with van der Waals surface area (Å²) in [6.45, 7) is 8.68. The summed E-state index contributed by atoms with van der Waals surface area (Å²) in [6, 6.07) is 23.7. The Bertz CT molecular complexity index is 2200. The number of amides is 2. The predicted molar refractivity (Wildman–Crippen MR) is 196 cm³/mol. The van der Waals surface area contributed by atoms with E-state index in [0.717, 1.165) is 22.4 Å². The lowest BCUT2D eigenvalue weighted by molar-refractivity contribution is -0.120. The van der Waals surface area contributed by atoms with Gasteiger partial charge in [0, 0.05) is 19.9 Å². The van der Waals surface area contributed by atoms with E-state index in [2.05, 4.69) is 10.3 Å². The normalized spacial score (nSPS) is 14.1. The van der Waals surface area contributed by atoms with Crippen molar-refractivity contribution in [3.8, 4) is 17.2 Å².